The van der Waals surface area contributed by atoms with E-state index in [1.165, 1.54) is 5.56 Å². The lowest BCUT2D eigenvalue weighted by atomic mass is 10.1. The topological polar surface area (TPSA) is 25.8 Å². The monoisotopic (exact) mass is 296 g/mol. The van der Waals surface area contributed by atoms with Crippen molar-refractivity contribution in [2.75, 3.05) is 0 Å². The van der Waals surface area contributed by atoms with Gasteiger partial charge in [0.2, 0.25) is 0 Å². The molecule has 0 aliphatic heterocycles. The molecule has 2 heteroatoms. The Bertz CT molecular complexity index is 931. The molecular weight excluding hydrogens is 280 g/mol. The summed E-state index contributed by atoms with van der Waals surface area (Å²) in [7, 11) is 0. The minimum absolute atomic E-state index is 0.787. The summed E-state index contributed by atoms with van der Waals surface area (Å²) in [4.78, 5) is 9.59. The van der Waals surface area contributed by atoms with Gasteiger partial charge in [0.05, 0.1) is 11.2 Å². The van der Waals surface area contributed by atoms with Gasteiger partial charge in [-0.2, -0.15) is 0 Å². The molecule has 1 aromatic heterocycles. The molecule has 0 unspecified atom stereocenters. The minimum atomic E-state index is 0.787. The predicted molar refractivity (Wildman–Crippen MR) is 94.2 cm³/mol. The lowest BCUT2D eigenvalue weighted by molar-refractivity contribution is 1.07. The molecule has 0 fully saturated rings. The van der Waals surface area contributed by atoms with Crippen LogP contribution in [0.4, 0.5) is 0 Å². The summed E-state index contributed by atoms with van der Waals surface area (Å²) in [5, 5.41) is 1.12. The van der Waals surface area contributed by atoms with Gasteiger partial charge in [-0.15, -0.1) is 0 Å². The Morgan fingerprint density at radius 3 is 2.04 bits per heavy atom. The zero-order valence-electron chi connectivity index (χ0n) is 12.7. The van der Waals surface area contributed by atoms with Crippen LogP contribution in [-0.2, 0) is 6.42 Å². The normalized spacial score (nSPS) is 10.8. The van der Waals surface area contributed by atoms with Crippen molar-refractivity contribution in [3.63, 3.8) is 0 Å². The van der Waals surface area contributed by atoms with Crippen molar-refractivity contribution in [2.24, 2.45) is 0 Å². The van der Waals surface area contributed by atoms with E-state index >= 15 is 0 Å². The zero-order valence-corrected chi connectivity index (χ0v) is 12.7. The molecule has 0 N–H and O–H groups in total. The predicted octanol–water partition coefficient (Wildman–Crippen LogP) is 4.89. The smallest absolute Gasteiger partial charge is 0.160 e. The largest absolute Gasteiger partial charge is 0.232 e. The van der Waals surface area contributed by atoms with E-state index in [2.05, 4.69) is 48.5 Å². The number of aromatic nitrogens is 2. The molecule has 3 aromatic carbocycles. The highest BCUT2D eigenvalue weighted by atomic mass is 14.9. The third-order valence-electron chi connectivity index (χ3n) is 3.93. The van der Waals surface area contributed by atoms with Gasteiger partial charge in [-0.25, -0.2) is 9.97 Å². The van der Waals surface area contributed by atoms with Gasteiger partial charge in [0.25, 0.3) is 0 Å². The summed E-state index contributed by atoms with van der Waals surface area (Å²) >= 11 is 0. The number of hydrogen-bond acceptors (Lipinski definition) is 2. The maximum atomic E-state index is 4.86. The second kappa shape index (κ2) is 6.01. The van der Waals surface area contributed by atoms with Gasteiger partial charge in [0.1, 0.15) is 0 Å². The first-order chi connectivity index (χ1) is 11.4. The average Bonchev–Trinajstić information content (AvgIpc) is 2.63. The van der Waals surface area contributed by atoms with Gasteiger partial charge < -0.3 is 0 Å². The molecule has 2 nitrogen and oxygen atoms in total. The second-order valence-corrected chi connectivity index (χ2v) is 5.54. The van der Waals surface area contributed by atoms with Crippen LogP contribution in [0, 0.1) is 0 Å². The van der Waals surface area contributed by atoms with Gasteiger partial charge in [-0.3, -0.25) is 0 Å². The van der Waals surface area contributed by atoms with Gasteiger partial charge in [-0.1, -0.05) is 78.9 Å². The molecule has 0 aliphatic carbocycles. The summed E-state index contributed by atoms with van der Waals surface area (Å²) in [5.41, 5.74) is 4.37. The van der Waals surface area contributed by atoms with Crippen LogP contribution in [0.5, 0.6) is 0 Å². The van der Waals surface area contributed by atoms with Gasteiger partial charge in [-0.05, 0) is 11.6 Å². The molecule has 0 atom stereocenters. The fourth-order valence-electron chi connectivity index (χ4n) is 2.78. The van der Waals surface area contributed by atoms with Crippen molar-refractivity contribution >= 4 is 10.9 Å². The number of hydrogen-bond donors (Lipinski definition) is 0. The lowest BCUT2D eigenvalue weighted by Gasteiger charge is -2.09. The number of para-hydroxylation sites is 1. The molecule has 0 saturated heterocycles. The average molecular weight is 296 g/mol. The number of nitrogens with zero attached hydrogens (tertiary/aromatic N) is 2. The Hall–Kier alpha value is -3.00. The molecule has 23 heavy (non-hydrogen) atoms. The van der Waals surface area contributed by atoms with E-state index in [-0.39, 0.29) is 0 Å². The van der Waals surface area contributed by atoms with Crippen LogP contribution in [0.15, 0.2) is 84.9 Å². The first kappa shape index (κ1) is 13.6. The van der Waals surface area contributed by atoms with Crippen LogP contribution in [0.1, 0.15) is 11.3 Å². The van der Waals surface area contributed by atoms with Crippen LogP contribution in [0.3, 0.4) is 0 Å². The molecule has 0 saturated carbocycles. The quantitative estimate of drug-likeness (QED) is 0.538. The van der Waals surface area contributed by atoms with Crippen LogP contribution in [-0.4, -0.2) is 9.97 Å². The molecule has 0 spiro atoms. The summed E-state index contributed by atoms with van der Waals surface area (Å²) in [5.74, 6) is 0.787. The third-order valence-corrected chi connectivity index (χ3v) is 3.93. The van der Waals surface area contributed by atoms with E-state index in [1.54, 1.807) is 0 Å². The van der Waals surface area contributed by atoms with Crippen LogP contribution in [0.2, 0.25) is 0 Å². The Kier molecular flexibility index (Phi) is 3.57. The van der Waals surface area contributed by atoms with E-state index in [1.807, 2.05) is 36.4 Å². The molecule has 0 bridgehead atoms. The van der Waals surface area contributed by atoms with E-state index < -0.39 is 0 Å². The van der Waals surface area contributed by atoms with Gasteiger partial charge in [0, 0.05) is 17.4 Å². The Labute approximate surface area is 135 Å². The van der Waals surface area contributed by atoms with Crippen LogP contribution in [0.25, 0.3) is 22.3 Å². The molecule has 0 radical (unpaired) electrons. The highest BCUT2D eigenvalue weighted by molar-refractivity contribution is 5.83. The Morgan fingerprint density at radius 1 is 0.609 bits per heavy atom. The molecule has 1 heterocycles. The van der Waals surface area contributed by atoms with Gasteiger partial charge >= 0.3 is 0 Å². The molecule has 110 valence electrons. The van der Waals surface area contributed by atoms with Crippen molar-refractivity contribution in [3.8, 4) is 11.4 Å². The van der Waals surface area contributed by atoms with E-state index in [0.29, 0.717) is 0 Å². The van der Waals surface area contributed by atoms with Crippen molar-refractivity contribution in [1.29, 1.82) is 0 Å². The first-order valence-electron chi connectivity index (χ1n) is 7.75. The van der Waals surface area contributed by atoms with E-state index in [0.717, 1.165) is 34.4 Å². The van der Waals surface area contributed by atoms with E-state index in [4.69, 9.17) is 9.97 Å². The van der Waals surface area contributed by atoms with E-state index in [9.17, 15) is 0 Å². The molecule has 0 aliphatic rings. The molecular formula is C21H16N2. The second-order valence-electron chi connectivity index (χ2n) is 5.54. The van der Waals surface area contributed by atoms with Gasteiger partial charge in [0.15, 0.2) is 5.82 Å². The molecule has 0 amide bonds. The van der Waals surface area contributed by atoms with Crippen LogP contribution >= 0.6 is 0 Å². The summed E-state index contributed by atoms with van der Waals surface area (Å²) in [6.07, 6.45) is 0.809. The maximum absolute atomic E-state index is 4.86. The van der Waals surface area contributed by atoms with Crippen molar-refractivity contribution in [3.05, 3.63) is 96.2 Å². The number of rotatable bonds is 3. The Morgan fingerprint density at radius 2 is 1.26 bits per heavy atom. The third kappa shape index (κ3) is 2.84. The highest BCUT2D eigenvalue weighted by Gasteiger charge is 2.09. The van der Waals surface area contributed by atoms with Crippen molar-refractivity contribution in [1.82, 2.24) is 9.97 Å². The maximum Gasteiger partial charge on any atom is 0.160 e. The first-order valence-corrected chi connectivity index (χ1v) is 7.75. The molecule has 4 aromatic rings. The van der Waals surface area contributed by atoms with Crippen molar-refractivity contribution < 1.29 is 0 Å². The molecule has 4 rings (SSSR count). The summed E-state index contributed by atoms with van der Waals surface area (Å²) < 4.78 is 0. The lowest BCUT2D eigenvalue weighted by Crippen LogP contribution is -1.99. The van der Waals surface area contributed by atoms with Crippen molar-refractivity contribution in [2.45, 2.75) is 6.42 Å². The minimum Gasteiger partial charge on any atom is -0.232 e. The zero-order chi connectivity index (χ0) is 15.5. The fourth-order valence-corrected chi connectivity index (χ4v) is 2.78. The Balaban J connectivity index is 1.87. The fraction of sp³-hybridized carbons (Fsp3) is 0.0476. The summed E-state index contributed by atoms with van der Waals surface area (Å²) in [6, 6.07) is 28.8. The highest BCUT2D eigenvalue weighted by Crippen LogP contribution is 2.23. The standard InChI is InChI=1S/C21H16N2/c1-3-9-16(10-4-1)15-20-18-13-7-8-14-19(18)22-21(23-20)17-11-5-2-6-12-17/h1-14H,15H2. The summed E-state index contributed by atoms with van der Waals surface area (Å²) in [6.45, 7) is 0. The number of fused-ring (bicyclic) bond motifs is 1. The SMILES string of the molecule is c1ccc(Cc2nc(-c3ccccc3)nc3ccccc23)cc1. The van der Waals surface area contributed by atoms with Crippen LogP contribution < -0.4 is 0 Å². The number of benzene rings is 3.